The minimum atomic E-state index is -5.75. The fourth-order valence-electron chi connectivity index (χ4n) is 10.8. The normalized spacial score (nSPS) is 19.9. The number of allylic oxidation sites excluding steroid dienone is 2. The van der Waals surface area contributed by atoms with Crippen molar-refractivity contribution >= 4 is 65.7 Å². The van der Waals surface area contributed by atoms with Gasteiger partial charge in [0.1, 0.15) is 11.1 Å². The molecule has 0 saturated heterocycles. The Kier molecular flexibility index (Phi) is 11.5. The van der Waals surface area contributed by atoms with Crippen molar-refractivity contribution in [3.8, 4) is 44.5 Å². The zero-order valence-corrected chi connectivity index (χ0v) is 45.3. The maximum absolute atomic E-state index is 16.5. The van der Waals surface area contributed by atoms with E-state index in [1.807, 2.05) is 72.8 Å². The predicted octanol–water partition coefficient (Wildman–Crippen LogP) is 16.2. The highest BCUT2D eigenvalue weighted by Gasteiger charge is 2.80. The Morgan fingerprint density at radius 1 is 0.403 bits per heavy atom. The van der Waals surface area contributed by atoms with Crippen molar-refractivity contribution < 1.29 is 46.2 Å². The Morgan fingerprint density at radius 2 is 0.649 bits per heavy atom. The van der Waals surface area contributed by atoms with Gasteiger partial charge in [-0.2, -0.15) is 26.3 Å². The number of hydrogen-bond donors (Lipinski definition) is 0. The second-order valence-electron chi connectivity index (χ2n) is 22.3. The summed E-state index contributed by atoms with van der Waals surface area (Å²) in [5.74, 6) is -16.2. The molecule has 394 valence electrons. The van der Waals surface area contributed by atoms with Crippen LogP contribution >= 0.6 is 22.7 Å². The van der Waals surface area contributed by atoms with Crippen LogP contribution in [-0.4, -0.2) is 71.2 Å². The summed E-state index contributed by atoms with van der Waals surface area (Å²) < 4.78 is 100. The number of thiophene rings is 2. The molecule has 0 unspecified atom stereocenters. The summed E-state index contributed by atoms with van der Waals surface area (Å²) in [7, 11) is 0. The summed E-state index contributed by atoms with van der Waals surface area (Å²) in [6, 6.07) is 39.1. The van der Waals surface area contributed by atoms with Crippen LogP contribution in [0, 0.1) is 24.3 Å². The van der Waals surface area contributed by atoms with Crippen LogP contribution in [0.2, 0.25) is 0 Å². The first kappa shape index (κ1) is 52.1. The van der Waals surface area contributed by atoms with E-state index in [9.17, 15) is 20.8 Å². The van der Waals surface area contributed by atoms with Crippen LogP contribution in [0.3, 0.4) is 0 Å². The first-order valence-electron chi connectivity index (χ1n) is 25.0. The molecule has 6 aromatic carbocycles. The van der Waals surface area contributed by atoms with E-state index >= 15 is 26.3 Å². The topological polar surface area (TPSA) is 98.4 Å². The van der Waals surface area contributed by atoms with Gasteiger partial charge in [-0.3, -0.25) is 9.48 Å². The van der Waals surface area contributed by atoms with Crippen molar-refractivity contribution in [1.29, 1.82) is 0 Å². The third-order valence-corrected chi connectivity index (χ3v) is 19.2. The fourth-order valence-corrected chi connectivity index (χ4v) is 13.0. The first-order chi connectivity index (χ1) is 36.0. The molecule has 4 heterocycles. The lowest BCUT2D eigenvalue weighted by atomic mass is 9.84. The number of nitrogens with zero attached hydrogens (tertiary/aromatic N) is 4. The highest BCUT2D eigenvalue weighted by atomic mass is 32.1. The van der Waals surface area contributed by atoms with E-state index in [0.717, 1.165) is 75.7 Å². The van der Waals surface area contributed by atoms with Gasteiger partial charge < -0.3 is 10.4 Å². The van der Waals surface area contributed by atoms with Crippen molar-refractivity contribution in [2.24, 2.45) is 0 Å². The van der Waals surface area contributed by atoms with Gasteiger partial charge >= 0.3 is 29.4 Å². The summed E-state index contributed by atoms with van der Waals surface area (Å²) in [6.07, 6.45) is 0. The molecule has 2 aromatic heterocycles. The highest BCUT2D eigenvalue weighted by molar-refractivity contribution is 7.19. The van der Waals surface area contributed by atoms with Crippen LogP contribution in [0.4, 0.5) is 26.3 Å². The molecule has 2 radical (unpaired) electrons. The maximum atomic E-state index is 16.5. The molecule has 0 saturated carbocycles. The Morgan fingerprint density at radius 3 is 0.909 bits per heavy atom. The molecule has 1 aliphatic carbocycles. The van der Waals surface area contributed by atoms with Gasteiger partial charge in [0.2, 0.25) is 0 Å². The van der Waals surface area contributed by atoms with Gasteiger partial charge in [0.25, 0.3) is 0 Å². The van der Waals surface area contributed by atoms with Crippen LogP contribution < -0.4 is 0 Å². The van der Waals surface area contributed by atoms with Gasteiger partial charge in [0, 0.05) is 62.6 Å². The molecular formula is C61H52F6N4O4S2. The number of amidine groups is 2. The molecule has 0 fully saturated rings. The molecule has 77 heavy (non-hydrogen) atoms. The molecule has 2 aliphatic heterocycles. The molecule has 0 amide bonds. The summed E-state index contributed by atoms with van der Waals surface area (Å²) in [5, 5.41) is 54.7. The Labute approximate surface area is 449 Å². The molecule has 0 bridgehead atoms. The molecule has 8 nitrogen and oxygen atoms in total. The predicted molar refractivity (Wildman–Crippen MR) is 293 cm³/mol. The first-order valence-corrected chi connectivity index (χ1v) is 26.6. The number of fused-ring (bicyclic) bond motifs is 2. The van der Waals surface area contributed by atoms with Gasteiger partial charge in [0.05, 0.1) is 11.1 Å². The van der Waals surface area contributed by atoms with E-state index in [2.05, 4.69) is 0 Å². The molecule has 3 aliphatic rings. The smallest absolute Gasteiger partial charge is 0.380 e. The van der Waals surface area contributed by atoms with E-state index in [1.165, 1.54) is 26.0 Å². The van der Waals surface area contributed by atoms with Gasteiger partial charge in [-0.15, -0.1) is 22.7 Å². The number of rotatable bonds is 8. The lowest BCUT2D eigenvalue weighted by Crippen LogP contribution is -2.53. The molecule has 0 spiro atoms. The van der Waals surface area contributed by atoms with E-state index in [4.69, 9.17) is 0 Å². The van der Waals surface area contributed by atoms with Gasteiger partial charge in [-0.25, -0.2) is 0 Å². The number of halogens is 6. The fraction of sp³-hybridized carbons (Fsp3) is 0.279. The average Bonchev–Trinajstić information content (AvgIpc) is 4.19. The van der Waals surface area contributed by atoms with Gasteiger partial charge in [-0.05, 0) is 150 Å². The summed E-state index contributed by atoms with van der Waals surface area (Å²) >= 11 is 2.13. The lowest BCUT2D eigenvalue weighted by Gasteiger charge is -2.32. The number of benzene rings is 6. The molecule has 8 aromatic rings. The standard InChI is InChI=1S/C61H52F6N4O4S2/c1-33-49(45-29-27-43(31-47(45)76-33)39-15-11-35(12-16-39)37-19-23-41(24-20-37)53-68(72)55(3,4)56(5,6)69(53)73)51-52(60(64,65)61(66,67)59(51,62)63)50-34(2)77-48-32-44(28-30-46(48)50)40-17-13-36(14-18-40)38-21-25-42(26-22-38)54-70(74)57(7,8)58(9,10)71(54)75/h11-32H,1-10H3. The number of aryl methyl sites for hydroxylation is 2. The third kappa shape index (κ3) is 7.23. The van der Waals surface area contributed by atoms with Crippen LogP contribution in [0.25, 0.3) is 75.8 Å². The summed E-state index contributed by atoms with van der Waals surface area (Å²) in [5.41, 5.74) is -0.120. The summed E-state index contributed by atoms with van der Waals surface area (Å²) in [4.78, 5) is 0.366. The third-order valence-electron chi connectivity index (χ3n) is 17.1. The Hall–Kier alpha value is -6.98. The van der Waals surface area contributed by atoms with E-state index < -0.39 is 51.1 Å². The zero-order chi connectivity index (χ0) is 55.5. The van der Waals surface area contributed by atoms with E-state index in [0.29, 0.717) is 31.7 Å². The number of alkyl halides is 6. The summed E-state index contributed by atoms with van der Waals surface area (Å²) in [6.45, 7) is 16.8. The van der Waals surface area contributed by atoms with Crippen LogP contribution in [0.15, 0.2) is 133 Å². The lowest BCUT2D eigenvalue weighted by molar-refractivity contribution is -0.539. The van der Waals surface area contributed by atoms with Crippen LogP contribution in [0.5, 0.6) is 0 Å². The minimum Gasteiger partial charge on any atom is -0.714 e. The Balaban J connectivity index is 0.895. The molecule has 11 rings (SSSR count). The maximum Gasteiger partial charge on any atom is 0.380 e. The van der Waals surface area contributed by atoms with Crippen LogP contribution in [0.1, 0.15) is 87.4 Å². The second kappa shape index (κ2) is 17.0. The number of hydroxylamine groups is 6. The molecule has 0 atom stereocenters. The molecule has 16 heteroatoms. The monoisotopic (exact) mass is 1080 g/mol. The molecule has 0 N–H and O–H groups in total. The largest absolute Gasteiger partial charge is 0.714 e. The second-order valence-corrected chi connectivity index (χ2v) is 24.8. The highest BCUT2D eigenvalue weighted by Crippen LogP contribution is 2.67. The van der Waals surface area contributed by atoms with E-state index in [-0.39, 0.29) is 43.3 Å². The zero-order valence-electron chi connectivity index (χ0n) is 43.7. The SMILES string of the molecule is Cc1sc2cc(-c3ccc(-c4ccc(C5=[N+]([O-])C(C)(C)C(C)(C)N5[O])cc4)cc3)ccc2c1C1=C(c2c(C)sc3cc(-c4ccc(-c5ccc(C6=[N+]([O-])C(C)(C)C(C)(C)N6[O])cc5)cc4)ccc23)C(F)(F)C(F)(F)C1(F)F. The van der Waals surface area contributed by atoms with Crippen LogP contribution in [-0.2, 0) is 10.4 Å². The van der Waals surface area contributed by atoms with Crippen molar-refractivity contribution in [1.82, 2.24) is 10.1 Å². The Bertz CT molecular complexity index is 3600. The van der Waals surface area contributed by atoms with Crippen molar-refractivity contribution in [3.63, 3.8) is 0 Å². The minimum absolute atomic E-state index is 0.0368. The number of hydrogen-bond acceptors (Lipinski definition) is 6. The van der Waals surface area contributed by atoms with Crippen molar-refractivity contribution in [2.45, 2.75) is 109 Å². The average molecular weight is 1080 g/mol. The van der Waals surface area contributed by atoms with Crippen molar-refractivity contribution in [3.05, 3.63) is 176 Å². The van der Waals surface area contributed by atoms with Gasteiger partial charge in [0.15, 0.2) is 11.1 Å². The van der Waals surface area contributed by atoms with E-state index in [1.54, 1.807) is 104 Å². The quantitative estimate of drug-likeness (QED) is 0.0860. The van der Waals surface area contributed by atoms with Crippen molar-refractivity contribution in [2.75, 3.05) is 0 Å². The van der Waals surface area contributed by atoms with Gasteiger partial charge in [-0.1, -0.05) is 107 Å². The molecular weight excluding hydrogens is 1030 g/mol.